The van der Waals surface area contributed by atoms with Crippen molar-refractivity contribution in [3.8, 4) is 0 Å². The molecule has 7 atom stereocenters. The van der Waals surface area contributed by atoms with Gasteiger partial charge in [0.1, 0.15) is 36.3 Å². The number of carbonyl (C=O) groups excluding carboxylic acids is 7. The standard InChI is InChI=1S/C41H66N8O12S/c1-22(2)17-29(44-32(51)20-43-35(54)26(42)19-25-11-9-8-10-12-25)38(57)45-27(13-14-33(52)53)36(55)46-28(15-16-62-7)37(56)48-31(21-50)39(58)49-34(24(5)6)40(59)47-30(41(60)61)18-23(3)4/h8-12,22-24,26-31,34,50H,13-21,42H2,1-7H3,(H,43,54)(H,44,51)(H,45,57)(H,46,55)(H,47,59)(H,48,56)(H,49,58)(H,52,53)(H,60,61)/t26-,27-,28-,29-,30-,31-,34-/m0/s1. The third-order valence-corrected chi connectivity index (χ3v) is 9.97. The first-order chi connectivity index (χ1) is 29.1. The first-order valence-electron chi connectivity index (χ1n) is 20.5. The number of carboxylic acid groups (broad SMARTS) is 2. The zero-order chi connectivity index (χ0) is 47.1. The Labute approximate surface area is 366 Å². The Balaban J connectivity index is 3.15. The van der Waals surface area contributed by atoms with Crippen molar-refractivity contribution in [2.45, 2.75) is 122 Å². The second-order valence-corrected chi connectivity index (χ2v) is 17.1. The number of amides is 7. The highest BCUT2D eigenvalue weighted by molar-refractivity contribution is 7.98. The van der Waals surface area contributed by atoms with Crippen molar-refractivity contribution >= 4 is 65.1 Å². The average molecular weight is 895 g/mol. The third-order valence-electron chi connectivity index (χ3n) is 9.32. The number of nitrogens with one attached hydrogen (secondary N) is 7. The third kappa shape index (κ3) is 21.0. The summed E-state index contributed by atoms with van der Waals surface area (Å²) in [5.41, 5.74) is 6.82. The molecule has 12 N–H and O–H groups in total. The van der Waals surface area contributed by atoms with E-state index in [1.807, 2.05) is 6.07 Å². The summed E-state index contributed by atoms with van der Waals surface area (Å²) in [6.07, 6.45) is 1.18. The molecule has 0 unspecified atom stereocenters. The average Bonchev–Trinajstić information content (AvgIpc) is 3.19. The lowest BCUT2D eigenvalue weighted by atomic mass is 10.00. The molecular weight excluding hydrogens is 829 g/mol. The molecule has 0 aliphatic heterocycles. The van der Waals surface area contributed by atoms with Crippen molar-refractivity contribution in [2.24, 2.45) is 23.5 Å². The van der Waals surface area contributed by atoms with Crippen LogP contribution in [-0.2, 0) is 49.6 Å². The van der Waals surface area contributed by atoms with Crippen LogP contribution in [0.15, 0.2) is 30.3 Å². The highest BCUT2D eigenvalue weighted by Crippen LogP contribution is 2.11. The van der Waals surface area contributed by atoms with Crippen LogP contribution < -0.4 is 43.0 Å². The van der Waals surface area contributed by atoms with Gasteiger partial charge in [0.15, 0.2) is 0 Å². The number of carbonyl (C=O) groups is 9. The number of nitrogens with two attached hydrogens (primary N) is 1. The normalized spacial score (nSPS) is 14.6. The van der Waals surface area contributed by atoms with Gasteiger partial charge >= 0.3 is 11.9 Å². The lowest BCUT2D eigenvalue weighted by Crippen LogP contribution is -2.61. The second kappa shape index (κ2) is 28.3. The molecule has 0 saturated heterocycles. The molecule has 62 heavy (non-hydrogen) atoms. The number of aliphatic carboxylic acids is 2. The predicted octanol–water partition coefficient (Wildman–Crippen LogP) is -0.976. The molecule has 7 amide bonds. The van der Waals surface area contributed by atoms with Gasteiger partial charge in [0, 0.05) is 6.42 Å². The molecule has 0 saturated carbocycles. The van der Waals surface area contributed by atoms with Crippen molar-refractivity contribution in [1.29, 1.82) is 0 Å². The minimum Gasteiger partial charge on any atom is -0.481 e. The van der Waals surface area contributed by atoms with Gasteiger partial charge in [0.05, 0.1) is 19.2 Å². The lowest BCUT2D eigenvalue weighted by molar-refractivity contribution is -0.143. The zero-order valence-electron chi connectivity index (χ0n) is 36.5. The van der Waals surface area contributed by atoms with Gasteiger partial charge in [-0.2, -0.15) is 11.8 Å². The molecule has 20 nitrogen and oxygen atoms in total. The van der Waals surface area contributed by atoms with Gasteiger partial charge in [0.25, 0.3) is 0 Å². The van der Waals surface area contributed by atoms with Crippen LogP contribution in [-0.4, -0.2) is 136 Å². The summed E-state index contributed by atoms with van der Waals surface area (Å²) in [4.78, 5) is 116. The topological polar surface area (TPSA) is 325 Å². The van der Waals surface area contributed by atoms with E-state index in [2.05, 4.69) is 37.2 Å². The van der Waals surface area contributed by atoms with Crippen LogP contribution in [0.25, 0.3) is 0 Å². The fourth-order valence-electron chi connectivity index (χ4n) is 6.00. The van der Waals surface area contributed by atoms with Crippen LogP contribution in [0, 0.1) is 17.8 Å². The largest absolute Gasteiger partial charge is 0.481 e. The summed E-state index contributed by atoms with van der Waals surface area (Å²) in [5.74, 6) is -8.80. The Bertz CT molecular complexity index is 1670. The van der Waals surface area contributed by atoms with Crippen LogP contribution in [0.2, 0.25) is 0 Å². The summed E-state index contributed by atoms with van der Waals surface area (Å²) in [6, 6.07) is -0.134. The van der Waals surface area contributed by atoms with E-state index < -0.39 is 127 Å². The number of thioether (sulfide) groups is 1. The van der Waals surface area contributed by atoms with E-state index in [0.29, 0.717) is 5.75 Å². The summed E-state index contributed by atoms with van der Waals surface area (Å²) in [7, 11) is 0. The van der Waals surface area contributed by atoms with Crippen LogP contribution in [0.3, 0.4) is 0 Å². The van der Waals surface area contributed by atoms with E-state index in [-0.39, 0.29) is 37.5 Å². The van der Waals surface area contributed by atoms with Crippen molar-refractivity contribution in [3.05, 3.63) is 35.9 Å². The minimum atomic E-state index is -1.62. The summed E-state index contributed by atoms with van der Waals surface area (Å²) in [5, 5.41) is 46.3. The molecule has 0 spiro atoms. The number of aliphatic hydroxyl groups excluding tert-OH is 1. The molecule has 0 heterocycles. The van der Waals surface area contributed by atoms with Crippen molar-refractivity contribution in [2.75, 3.05) is 25.2 Å². The Morgan fingerprint density at radius 2 is 1.13 bits per heavy atom. The molecule has 0 aromatic heterocycles. The summed E-state index contributed by atoms with van der Waals surface area (Å²) < 4.78 is 0. The SMILES string of the molecule is CSCC[C@H](NC(=O)[C@H](CCC(=O)O)NC(=O)[C@H](CC(C)C)NC(=O)CNC(=O)[C@@H](N)Cc1ccccc1)C(=O)N[C@@H](CO)C(=O)N[C@H](C(=O)N[C@@H](CC(C)C)C(=O)O)C(C)C. The predicted molar refractivity (Wildman–Crippen MR) is 231 cm³/mol. The number of benzene rings is 1. The maximum absolute atomic E-state index is 13.7. The van der Waals surface area contributed by atoms with Gasteiger partial charge in [-0.3, -0.25) is 38.4 Å². The Hall–Kier alpha value is -5.28. The van der Waals surface area contributed by atoms with Crippen molar-refractivity contribution < 1.29 is 58.5 Å². The first-order valence-corrected chi connectivity index (χ1v) is 21.9. The molecule has 0 radical (unpaired) electrons. The molecule has 348 valence electrons. The van der Waals surface area contributed by atoms with Crippen LogP contribution in [0.4, 0.5) is 0 Å². The highest BCUT2D eigenvalue weighted by Gasteiger charge is 2.34. The fourth-order valence-corrected chi connectivity index (χ4v) is 6.47. The Morgan fingerprint density at radius 1 is 0.629 bits per heavy atom. The van der Waals surface area contributed by atoms with Crippen LogP contribution in [0.5, 0.6) is 0 Å². The summed E-state index contributed by atoms with van der Waals surface area (Å²) >= 11 is 1.32. The van der Waals surface area contributed by atoms with Crippen LogP contribution >= 0.6 is 11.8 Å². The van der Waals surface area contributed by atoms with E-state index in [1.165, 1.54) is 11.8 Å². The van der Waals surface area contributed by atoms with E-state index in [1.54, 1.807) is 72.1 Å². The minimum absolute atomic E-state index is 0.00564. The van der Waals surface area contributed by atoms with Gasteiger partial charge in [-0.25, -0.2) is 4.79 Å². The number of hydrogen-bond donors (Lipinski definition) is 11. The van der Waals surface area contributed by atoms with Gasteiger partial charge < -0.3 is 58.3 Å². The molecule has 21 heteroatoms. The molecule has 1 aromatic carbocycles. The molecule has 0 fully saturated rings. The lowest BCUT2D eigenvalue weighted by Gasteiger charge is -2.28. The number of carboxylic acids is 2. The smallest absolute Gasteiger partial charge is 0.326 e. The van der Waals surface area contributed by atoms with Gasteiger partial charge in [-0.05, 0) is 67.4 Å². The molecule has 0 aliphatic rings. The van der Waals surface area contributed by atoms with Gasteiger partial charge in [-0.15, -0.1) is 0 Å². The first kappa shape index (κ1) is 54.7. The van der Waals surface area contributed by atoms with Gasteiger partial charge in [0.2, 0.25) is 41.4 Å². The Kier molecular flexibility index (Phi) is 25.0. The molecule has 1 aromatic rings. The van der Waals surface area contributed by atoms with Gasteiger partial charge in [-0.1, -0.05) is 71.9 Å². The number of rotatable bonds is 29. The van der Waals surface area contributed by atoms with Crippen LogP contribution in [0.1, 0.15) is 79.2 Å². The monoisotopic (exact) mass is 894 g/mol. The fraction of sp³-hybridized carbons (Fsp3) is 0.634. The Morgan fingerprint density at radius 3 is 1.63 bits per heavy atom. The maximum atomic E-state index is 13.7. The quantitative estimate of drug-likeness (QED) is 0.0461. The maximum Gasteiger partial charge on any atom is 0.326 e. The molecule has 0 bridgehead atoms. The van der Waals surface area contributed by atoms with E-state index in [0.717, 1.165) is 5.56 Å². The van der Waals surface area contributed by atoms with E-state index in [9.17, 15) is 58.5 Å². The second-order valence-electron chi connectivity index (χ2n) is 16.1. The van der Waals surface area contributed by atoms with E-state index in [4.69, 9.17) is 5.73 Å². The number of hydrogen-bond acceptors (Lipinski definition) is 12. The van der Waals surface area contributed by atoms with E-state index >= 15 is 0 Å². The molecule has 1 rings (SSSR count). The molecule has 0 aliphatic carbocycles. The summed E-state index contributed by atoms with van der Waals surface area (Å²) in [6.45, 7) is 8.88. The highest BCUT2D eigenvalue weighted by atomic mass is 32.2. The zero-order valence-corrected chi connectivity index (χ0v) is 37.3. The van der Waals surface area contributed by atoms with Crippen molar-refractivity contribution in [1.82, 2.24) is 37.2 Å². The molecular formula is C41H66N8O12S. The number of aliphatic hydroxyl groups is 1. The van der Waals surface area contributed by atoms with Crippen molar-refractivity contribution in [3.63, 3.8) is 0 Å².